The molecule has 0 aliphatic carbocycles. The van der Waals surface area contributed by atoms with Gasteiger partial charge in [0, 0.05) is 0 Å². The zero-order valence-corrected chi connectivity index (χ0v) is 8.16. The normalized spacial score (nSPS) is 12.2. The van der Waals surface area contributed by atoms with Crippen LogP contribution in [0.2, 0.25) is 0 Å². The van der Waals surface area contributed by atoms with Gasteiger partial charge in [-0.3, -0.25) is 4.79 Å². The number of allylic oxidation sites excluding steroid dienone is 3. The number of hydrogen-bond donors (Lipinski definition) is 0. The maximum absolute atomic E-state index is 10.5. The lowest BCUT2D eigenvalue weighted by molar-refractivity contribution is -0.104. The maximum atomic E-state index is 10.5. The summed E-state index contributed by atoms with van der Waals surface area (Å²) in [5, 5.41) is 0. The number of rotatable bonds is 5. The number of methoxy groups -OCH3 is 2. The summed E-state index contributed by atoms with van der Waals surface area (Å²) in [6.07, 6.45) is 3.76. The zero-order valence-electron chi connectivity index (χ0n) is 8.16. The molecule has 0 rings (SSSR count). The van der Waals surface area contributed by atoms with Crippen molar-refractivity contribution in [2.75, 3.05) is 14.2 Å². The first-order chi connectivity index (χ1) is 6.15. The molecule has 0 aromatic rings. The van der Waals surface area contributed by atoms with E-state index in [1.165, 1.54) is 20.5 Å². The van der Waals surface area contributed by atoms with Gasteiger partial charge in [0.1, 0.15) is 5.76 Å². The van der Waals surface area contributed by atoms with Gasteiger partial charge < -0.3 is 9.47 Å². The molecule has 0 spiro atoms. The number of aldehydes is 1. The van der Waals surface area contributed by atoms with Crippen molar-refractivity contribution in [2.45, 2.75) is 6.92 Å². The minimum atomic E-state index is 0.473. The molecule has 0 aliphatic rings. The lowest BCUT2D eigenvalue weighted by Crippen LogP contribution is -1.90. The van der Waals surface area contributed by atoms with E-state index in [1.807, 2.05) is 0 Å². The van der Waals surface area contributed by atoms with Crippen LogP contribution in [0.15, 0.2) is 35.8 Å². The molecule has 0 fully saturated rings. The molecule has 0 N–H and O–H groups in total. The Labute approximate surface area is 78.3 Å². The van der Waals surface area contributed by atoms with Crippen LogP contribution in [-0.2, 0) is 14.3 Å². The van der Waals surface area contributed by atoms with E-state index in [1.54, 1.807) is 13.0 Å². The lowest BCUT2D eigenvalue weighted by atomic mass is 10.1. The van der Waals surface area contributed by atoms with E-state index in [9.17, 15) is 4.79 Å². The first kappa shape index (κ1) is 11.5. The molecule has 0 atom stereocenters. The van der Waals surface area contributed by atoms with Crippen molar-refractivity contribution in [3.8, 4) is 0 Å². The van der Waals surface area contributed by atoms with E-state index in [4.69, 9.17) is 9.47 Å². The highest BCUT2D eigenvalue weighted by molar-refractivity contribution is 5.79. The van der Waals surface area contributed by atoms with Gasteiger partial charge in [-0.05, 0) is 18.6 Å². The molecule has 0 unspecified atom stereocenters. The van der Waals surface area contributed by atoms with Gasteiger partial charge in [-0.15, -0.1) is 0 Å². The minimum Gasteiger partial charge on any atom is -0.504 e. The molecular weight excluding hydrogens is 168 g/mol. The highest BCUT2D eigenvalue weighted by Gasteiger charge is 1.99. The fourth-order valence-corrected chi connectivity index (χ4v) is 0.724. The van der Waals surface area contributed by atoms with Crippen molar-refractivity contribution in [1.29, 1.82) is 0 Å². The van der Waals surface area contributed by atoms with E-state index in [0.29, 0.717) is 11.3 Å². The fourth-order valence-electron chi connectivity index (χ4n) is 0.724. The van der Waals surface area contributed by atoms with Crippen LogP contribution in [0.25, 0.3) is 0 Å². The smallest absolute Gasteiger partial charge is 0.153 e. The first-order valence-corrected chi connectivity index (χ1v) is 3.75. The van der Waals surface area contributed by atoms with Crippen molar-refractivity contribution < 1.29 is 14.3 Å². The number of carbonyl (C=O) groups is 1. The Bertz CT molecular complexity index is 249. The van der Waals surface area contributed by atoms with Crippen LogP contribution in [0.1, 0.15) is 6.92 Å². The molecule has 0 bridgehead atoms. The molecule has 0 saturated carbocycles. The Hall–Kier alpha value is -1.51. The van der Waals surface area contributed by atoms with Crippen LogP contribution in [0, 0.1) is 0 Å². The molecule has 0 aromatic carbocycles. The summed E-state index contributed by atoms with van der Waals surface area (Å²) in [5.41, 5.74) is 1.23. The summed E-state index contributed by atoms with van der Waals surface area (Å²) < 4.78 is 9.57. The van der Waals surface area contributed by atoms with Crippen LogP contribution < -0.4 is 0 Å². The Kier molecular flexibility index (Phi) is 5.35. The van der Waals surface area contributed by atoms with Crippen molar-refractivity contribution in [3.05, 3.63) is 35.8 Å². The standard InChI is InChI=1S/C10H14O3/c1-8(5-9(2)13-4)10(6-11)7-12-3/h5-7H,2H2,1,3-4H3/b8-5-,10-7+. The molecule has 0 aliphatic heterocycles. The third-order valence-electron chi connectivity index (χ3n) is 1.47. The SMILES string of the molecule is C=C(/C=C(C)\C(C=O)=C\OC)OC. The molecular formula is C10H14O3. The van der Waals surface area contributed by atoms with Gasteiger partial charge in [-0.25, -0.2) is 0 Å². The summed E-state index contributed by atoms with van der Waals surface area (Å²) in [5.74, 6) is 0.501. The summed E-state index contributed by atoms with van der Waals surface area (Å²) in [6, 6.07) is 0. The second-order valence-electron chi connectivity index (χ2n) is 2.42. The van der Waals surface area contributed by atoms with Crippen LogP contribution in [0.3, 0.4) is 0 Å². The largest absolute Gasteiger partial charge is 0.504 e. The predicted molar refractivity (Wildman–Crippen MR) is 51.1 cm³/mol. The van der Waals surface area contributed by atoms with Crippen LogP contribution >= 0.6 is 0 Å². The Morgan fingerprint density at radius 1 is 1.38 bits per heavy atom. The Morgan fingerprint density at radius 3 is 2.38 bits per heavy atom. The number of ether oxygens (including phenoxy) is 2. The van der Waals surface area contributed by atoms with Gasteiger partial charge >= 0.3 is 0 Å². The van der Waals surface area contributed by atoms with E-state index >= 15 is 0 Å². The Balaban J connectivity index is 4.63. The highest BCUT2D eigenvalue weighted by atomic mass is 16.5. The van der Waals surface area contributed by atoms with E-state index < -0.39 is 0 Å². The molecule has 3 heteroatoms. The second kappa shape index (κ2) is 6.06. The van der Waals surface area contributed by atoms with Gasteiger partial charge in [0.25, 0.3) is 0 Å². The molecule has 0 aromatic heterocycles. The topological polar surface area (TPSA) is 35.5 Å². The zero-order chi connectivity index (χ0) is 10.3. The number of hydrogen-bond acceptors (Lipinski definition) is 3. The van der Waals surface area contributed by atoms with E-state index in [2.05, 4.69) is 6.58 Å². The summed E-state index contributed by atoms with van der Waals surface area (Å²) in [6.45, 7) is 5.39. The number of carbonyl (C=O) groups excluding carboxylic acids is 1. The Morgan fingerprint density at radius 2 is 2.00 bits per heavy atom. The van der Waals surface area contributed by atoms with E-state index in [-0.39, 0.29) is 0 Å². The molecule has 0 heterocycles. The first-order valence-electron chi connectivity index (χ1n) is 3.75. The lowest BCUT2D eigenvalue weighted by Gasteiger charge is -2.01. The molecule has 72 valence electrons. The minimum absolute atomic E-state index is 0.473. The highest BCUT2D eigenvalue weighted by Crippen LogP contribution is 2.09. The van der Waals surface area contributed by atoms with Crippen molar-refractivity contribution >= 4 is 6.29 Å². The third-order valence-corrected chi connectivity index (χ3v) is 1.47. The third kappa shape index (κ3) is 4.15. The molecule has 0 radical (unpaired) electrons. The van der Waals surface area contributed by atoms with Crippen LogP contribution in [0.4, 0.5) is 0 Å². The van der Waals surface area contributed by atoms with E-state index in [0.717, 1.165) is 11.9 Å². The van der Waals surface area contributed by atoms with Gasteiger partial charge in [-0.1, -0.05) is 6.58 Å². The molecule has 13 heavy (non-hydrogen) atoms. The van der Waals surface area contributed by atoms with Crippen LogP contribution in [0.5, 0.6) is 0 Å². The molecule has 3 nitrogen and oxygen atoms in total. The molecule has 0 amide bonds. The van der Waals surface area contributed by atoms with Crippen LogP contribution in [-0.4, -0.2) is 20.5 Å². The maximum Gasteiger partial charge on any atom is 0.153 e. The second-order valence-corrected chi connectivity index (χ2v) is 2.42. The predicted octanol–water partition coefficient (Wildman–Crippen LogP) is 1.82. The summed E-state index contributed by atoms with van der Waals surface area (Å²) in [4.78, 5) is 10.5. The summed E-state index contributed by atoms with van der Waals surface area (Å²) in [7, 11) is 3.01. The van der Waals surface area contributed by atoms with Crippen molar-refractivity contribution in [3.63, 3.8) is 0 Å². The van der Waals surface area contributed by atoms with Gasteiger partial charge in [-0.2, -0.15) is 0 Å². The van der Waals surface area contributed by atoms with Gasteiger partial charge in [0.2, 0.25) is 0 Å². The average Bonchev–Trinajstić information content (AvgIpc) is 2.13. The van der Waals surface area contributed by atoms with Crippen molar-refractivity contribution in [2.24, 2.45) is 0 Å². The monoisotopic (exact) mass is 182 g/mol. The fraction of sp³-hybridized carbons (Fsp3) is 0.300. The van der Waals surface area contributed by atoms with Gasteiger partial charge in [0.05, 0.1) is 26.1 Å². The summed E-state index contributed by atoms with van der Waals surface area (Å²) >= 11 is 0. The van der Waals surface area contributed by atoms with Crippen molar-refractivity contribution in [1.82, 2.24) is 0 Å². The molecule has 0 saturated heterocycles. The van der Waals surface area contributed by atoms with Gasteiger partial charge in [0.15, 0.2) is 6.29 Å². The average molecular weight is 182 g/mol. The quantitative estimate of drug-likeness (QED) is 0.281.